The molecule has 0 atom stereocenters. The van der Waals surface area contributed by atoms with Gasteiger partial charge in [-0.1, -0.05) is 26.8 Å². The zero-order valence-electron chi connectivity index (χ0n) is 9.83. The molecule has 1 heterocycles. The number of nitro benzene ring substituents is 1. The van der Waals surface area contributed by atoms with E-state index in [2.05, 4.69) is 32.2 Å². The predicted octanol–water partition coefficient (Wildman–Crippen LogP) is 2.86. The molecule has 0 unspecified atom stereocenters. The van der Waals surface area contributed by atoms with Crippen molar-refractivity contribution in [2.75, 3.05) is 11.9 Å². The first-order valence-electron chi connectivity index (χ1n) is 5.45. The van der Waals surface area contributed by atoms with E-state index in [1.165, 1.54) is 0 Å². The van der Waals surface area contributed by atoms with E-state index in [0.717, 1.165) is 24.1 Å². The molecule has 86 valence electrons. The van der Waals surface area contributed by atoms with Gasteiger partial charge < -0.3 is 5.32 Å². The van der Waals surface area contributed by atoms with Crippen LogP contribution in [0.25, 0.3) is 0 Å². The van der Waals surface area contributed by atoms with Gasteiger partial charge in [0, 0.05) is 12.6 Å². The molecule has 1 aliphatic rings. The second-order valence-electron chi connectivity index (χ2n) is 5.21. The largest absolute Gasteiger partial charge is 0.379 e. The third-order valence-corrected chi connectivity index (χ3v) is 2.96. The first-order chi connectivity index (χ1) is 7.39. The Kier molecular flexibility index (Phi) is 2.37. The van der Waals surface area contributed by atoms with Crippen LogP contribution in [0.15, 0.2) is 12.1 Å². The number of nitrogens with zero attached hydrogens (tertiary/aromatic N) is 1. The van der Waals surface area contributed by atoms with Gasteiger partial charge in [0.05, 0.1) is 4.92 Å². The Bertz CT molecular complexity index is 447. The van der Waals surface area contributed by atoms with Gasteiger partial charge in [0.2, 0.25) is 0 Å². The molecule has 0 fully saturated rings. The summed E-state index contributed by atoms with van der Waals surface area (Å²) in [6, 6.07) is 3.78. The molecular weight excluding hydrogens is 204 g/mol. The number of nitrogens with one attached hydrogen (secondary N) is 1. The van der Waals surface area contributed by atoms with Crippen LogP contribution in [0.5, 0.6) is 0 Å². The summed E-state index contributed by atoms with van der Waals surface area (Å²) in [5.41, 5.74) is 2.96. The SMILES string of the molecule is CC(C)(C)c1cc2c(c([N+](=O)[O-])c1)NCC2. The minimum Gasteiger partial charge on any atom is -0.379 e. The lowest BCUT2D eigenvalue weighted by molar-refractivity contribution is -0.384. The van der Waals surface area contributed by atoms with Gasteiger partial charge >= 0.3 is 0 Å². The Hall–Kier alpha value is -1.58. The van der Waals surface area contributed by atoms with E-state index >= 15 is 0 Å². The molecule has 0 bridgehead atoms. The summed E-state index contributed by atoms with van der Waals surface area (Å²) in [4.78, 5) is 10.7. The van der Waals surface area contributed by atoms with E-state index in [9.17, 15) is 10.1 Å². The van der Waals surface area contributed by atoms with Crippen LogP contribution in [-0.2, 0) is 11.8 Å². The van der Waals surface area contributed by atoms with Crippen molar-refractivity contribution in [1.82, 2.24) is 0 Å². The molecule has 0 amide bonds. The van der Waals surface area contributed by atoms with Gasteiger partial charge in [-0.15, -0.1) is 0 Å². The third kappa shape index (κ3) is 1.75. The summed E-state index contributed by atoms with van der Waals surface area (Å²) in [5.74, 6) is 0. The molecule has 0 aromatic heterocycles. The molecule has 4 nitrogen and oxygen atoms in total. The summed E-state index contributed by atoms with van der Waals surface area (Å²) in [6.07, 6.45) is 0.875. The van der Waals surface area contributed by atoms with Gasteiger partial charge in [0.25, 0.3) is 5.69 Å². The van der Waals surface area contributed by atoms with Gasteiger partial charge in [-0.2, -0.15) is 0 Å². The van der Waals surface area contributed by atoms with Crippen LogP contribution < -0.4 is 5.32 Å². The summed E-state index contributed by atoms with van der Waals surface area (Å²) in [6.45, 7) is 7.01. The number of hydrogen-bond acceptors (Lipinski definition) is 3. The zero-order valence-corrected chi connectivity index (χ0v) is 9.83. The minimum absolute atomic E-state index is 0.0532. The molecule has 2 rings (SSSR count). The van der Waals surface area contributed by atoms with Crippen molar-refractivity contribution in [2.45, 2.75) is 32.6 Å². The van der Waals surface area contributed by atoms with E-state index in [4.69, 9.17) is 0 Å². The Morgan fingerprint density at radius 1 is 1.38 bits per heavy atom. The van der Waals surface area contributed by atoms with Crippen LogP contribution in [0, 0.1) is 10.1 Å². The average molecular weight is 220 g/mol. The fourth-order valence-electron chi connectivity index (χ4n) is 1.99. The molecule has 0 saturated carbocycles. The Labute approximate surface area is 94.8 Å². The fourth-order valence-corrected chi connectivity index (χ4v) is 1.99. The molecule has 16 heavy (non-hydrogen) atoms. The molecule has 1 N–H and O–H groups in total. The summed E-state index contributed by atoms with van der Waals surface area (Å²) < 4.78 is 0. The maximum atomic E-state index is 11.0. The van der Waals surface area contributed by atoms with Gasteiger partial charge in [-0.3, -0.25) is 10.1 Å². The highest BCUT2D eigenvalue weighted by Gasteiger charge is 2.26. The highest BCUT2D eigenvalue weighted by molar-refractivity contribution is 5.70. The lowest BCUT2D eigenvalue weighted by Crippen LogP contribution is -2.12. The summed E-state index contributed by atoms with van der Waals surface area (Å²) >= 11 is 0. The number of rotatable bonds is 1. The molecule has 1 aliphatic heterocycles. The highest BCUT2D eigenvalue weighted by atomic mass is 16.6. The van der Waals surface area contributed by atoms with Gasteiger partial charge in [0.1, 0.15) is 5.69 Å². The van der Waals surface area contributed by atoms with Crippen molar-refractivity contribution in [1.29, 1.82) is 0 Å². The van der Waals surface area contributed by atoms with Crippen molar-refractivity contribution in [3.05, 3.63) is 33.4 Å². The lowest BCUT2D eigenvalue weighted by atomic mass is 9.85. The van der Waals surface area contributed by atoms with Gasteiger partial charge in [-0.05, 0) is 23.0 Å². The van der Waals surface area contributed by atoms with Crippen LogP contribution in [0.4, 0.5) is 11.4 Å². The van der Waals surface area contributed by atoms with Crippen LogP contribution in [-0.4, -0.2) is 11.5 Å². The van der Waals surface area contributed by atoms with Crippen molar-refractivity contribution in [2.24, 2.45) is 0 Å². The van der Waals surface area contributed by atoms with E-state index in [-0.39, 0.29) is 16.0 Å². The second kappa shape index (κ2) is 3.47. The monoisotopic (exact) mass is 220 g/mol. The van der Waals surface area contributed by atoms with Crippen molar-refractivity contribution in [3.8, 4) is 0 Å². The van der Waals surface area contributed by atoms with Gasteiger partial charge in [0.15, 0.2) is 0 Å². The Balaban J connectivity index is 2.61. The van der Waals surface area contributed by atoms with Crippen molar-refractivity contribution in [3.63, 3.8) is 0 Å². The molecule has 0 aliphatic carbocycles. The molecule has 1 aromatic carbocycles. The zero-order chi connectivity index (χ0) is 11.9. The second-order valence-corrected chi connectivity index (χ2v) is 5.21. The smallest absolute Gasteiger partial charge is 0.292 e. The number of benzene rings is 1. The van der Waals surface area contributed by atoms with Crippen molar-refractivity contribution >= 4 is 11.4 Å². The number of nitro groups is 1. The summed E-state index contributed by atoms with van der Waals surface area (Å²) in [5, 5.41) is 14.1. The Morgan fingerprint density at radius 3 is 2.62 bits per heavy atom. The third-order valence-electron chi connectivity index (χ3n) is 2.96. The number of fused-ring (bicyclic) bond motifs is 1. The molecule has 0 spiro atoms. The normalized spacial score (nSPS) is 14.4. The molecule has 0 saturated heterocycles. The maximum absolute atomic E-state index is 11.0. The quantitative estimate of drug-likeness (QED) is 0.585. The minimum atomic E-state index is -0.299. The fraction of sp³-hybridized carbons (Fsp3) is 0.500. The number of anilines is 1. The predicted molar refractivity (Wildman–Crippen MR) is 64.0 cm³/mol. The van der Waals surface area contributed by atoms with Crippen LogP contribution in [0.3, 0.4) is 0 Å². The van der Waals surface area contributed by atoms with Crippen LogP contribution >= 0.6 is 0 Å². The van der Waals surface area contributed by atoms with Crippen LogP contribution in [0.2, 0.25) is 0 Å². The maximum Gasteiger partial charge on any atom is 0.292 e. The van der Waals surface area contributed by atoms with E-state index < -0.39 is 0 Å². The van der Waals surface area contributed by atoms with E-state index in [0.29, 0.717) is 5.69 Å². The van der Waals surface area contributed by atoms with Crippen LogP contribution in [0.1, 0.15) is 31.9 Å². The molecule has 1 aromatic rings. The standard InChI is InChI=1S/C12H16N2O2/c1-12(2,3)9-6-8-4-5-13-11(8)10(7-9)14(15)16/h6-7,13H,4-5H2,1-3H3. The average Bonchev–Trinajstić information content (AvgIpc) is 2.61. The van der Waals surface area contributed by atoms with Crippen molar-refractivity contribution < 1.29 is 4.92 Å². The highest BCUT2D eigenvalue weighted by Crippen LogP contribution is 2.37. The molecule has 0 radical (unpaired) electrons. The molecular formula is C12H16N2O2. The first kappa shape index (κ1) is 10.9. The molecule has 4 heteroatoms. The Morgan fingerprint density at radius 2 is 2.06 bits per heavy atom. The topological polar surface area (TPSA) is 55.2 Å². The van der Waals surface area contributed by atoms with E-state index in [1.807, 2.05) is 0 Å². The number of hydrogen-bond donors (Lipinski definition) is 1. The lowest BCUT2D eigenvalue weighted by Gasteiger charge is -2.19. The first-order valence-corrected chi connectivity index (χ1v) is 5.45. The summed E-state index contributed by atoms with van der Waals surface area (Å²) in [7, 11) is 0. The van der Waals surface area contributed by atoms with E-state index in [1.54, 1.807) is 6.07 Å². The van der Waals surface area contributed by atoms with Gasteiger partial charge in [-0.25, -0.2) is 0 Å².